The standard InChI is InChI=1S/C15H21BrFN/c1-11-4-3-5-13(8-11)18(2)10-12-6-7-15(17)14(16)9-12/h6-7,9,11,13H,3-5,8,10H2,1-2H3. The second kappa shape index (κ2) is 6.16. The van der Waals surface area contributed by atoms with Gasteiger partial charge in [-0.1, -0.05) is 25.8 Å². The third kappa shape index (κ3) is 3.55. The Morgan fingerprint density at radius 3 is 2.83 bits per heavy atom. The predicted octanol–water partition coefficient (Wildman–Crippen LogP) is 4.60. The molecule has 0 saturated heterocycles. The smallest absolute Gasteiger partial charge is 0.137 e. The maximum Gasteiger partial charge on any atom is 0.137 e. The molecule has 3 heteroatoms. The van der Waals surface area contributed by atoms with Gasteiger partial charge in [-0.05, 0) is 59.4 Å². The van der Waals surface area contributed by atoms with E-state index in [4.69, 9.17) is 0 Å². The van der Waals surface area contributed by atoms with Crippen molar-refractivity contribution in [2.75, 3.05) is 7.05 Å². The highest BCUT2D eigenvalue weighted by molar-refractivity contribution is 9.10. The van der Waals surface area contributed by atoms with Crippen LogP contribution in [-0.4, -0.2) is 18.0 Å². The van der Waals surface area contributed by atoms with E-state index in [1.54, 1.807) is 0 Å². The van der Waals surface area contributed by atoms with E-state index in [9.17, 15) is 4.39 Å². The summed E-state index contributed by atoms with van der Waals surface area (Å²) in [5.74, 6) is 0.652. The van der Waals surface area contributed by atoms with Crippen molar-refractivity contribution in [2.24, 2.45) is 5.92 Å². The molecule has 0 spiro atoms. The Labute approximate surface area is 118 Å². The Kier molecular flexibility index (Phi) is 4.79. The van der Waals surface area contributed by atoms with Gasteiger partial charge in [0.25, 0.3) is 0 Å². The van der Waals surface area contributed by atoms with Crippen molar-refractivity contribution in [3.63, 3.8) is 0 Å². The van der Waals surface area contributed by atoms with Crippen molar-refractivity contribution in [2.45, 2.75) is 45.2 Å². The summed E-state index contributed by atoms with van der Waals surface area (Å²) in [5.41, 5.74) is 1.17. The van der Waals surface area contributed by atoms with Crippen LogP contribution >= 0.6 is 15.9 Å². The van der Waals surface area contributed by atoms with Gasteiger partial charge in [-0.15, -0.1) is 0 Å². The van der Waals surface area contributed by atoms with Gasteiger partial charge < -0.3 is 0 Å². The maximum absolute atomic E-state index is 13.2. The molecular formula is C15H21BrFN. The summed E-state index contributed by atoms with van der Waals surface area (Å²) < 4.78 is 13.7. The molecule has 1 aromatic carbocycles. The fourth-order valence-corrected chi connectivity index (χ4v) is 3.28. The molecular weight excluding hydrogens is 293 g/mol. The zero-order chi connectivity index (χ0) is 13.1. The Balaban J connectivity index is 1.97. The van der Waals surface area contributed by atoms with E-state index in [1.165, 1.54) is 37.3 Å². The SMILES string of the molecule is CC1CCCC(N(C)Cc2ccc(F)c(Br)c2)C1. The Morgan fingerprint density at radius 2 is 2.17 bits per heavy atom. The van der Waals surface area contributed by atoms with E-state index in [1.807, 2.05) is 12.1 Å². The molecule has 2 rings (SSSR count). The zero-order valence-corrected chi connectivity index (χ0v) is 12.7. The second-order valence-corrected chi connectivity index (χ2v) is 6.44. The van der Waals surface area contributed by atoms with Gasteiger partial charge in [0.2, 0.25) is 0 Å². The molecule has 0 N–H and O–H groups in total. The molecule has 2 unspecified atom stereocenters. The van der Waals surface area contributed by atoms with Gasteiger partial charge in [0.1, 0.15) is 5.82 Å². The van der Waals surface area contributed by atoms with E-state index >= 15 is 0 Å². The summed E-state index contributed by atoms with van der Waals surface area (Å²) in [6.45, 7) is 3.24. The van der Waals surface area contributed by atoms with Crippen molar-refractivity contribution in [1.82, 2.24) is 4.90 Å². The van der Waals surface area contributed by atoms with E-state index in [2.05, 4.69) is 34.8 Å². The van der Waals surface area contributed by atoms with Gasteiger partial charge in [0, 0.05) is 12.6 Å². The lowest BCUT2D eigenvalue weighted by molar-refractivity contribution is 0.157. The molecule has 0 radical (unpaired) electrons. The molecule has 0 aliphatic heterocycles. The molecule has 100 valence electrons. The van der Waals surface area contributed by atoms with E-state index in [0.717, 1.165) is 12.5 Å². The van der Waals surface area contributed by atoms with Crippen molar-refractivity contribution < 1.29 is 4.39 Å². The second-order valence-electron chi connectivity index (χ2n) is 5.59. The molecule has 2 atom stereocenters. The van der Waals surface area contributed by atoms with Crippen LogP contribution in [0.1, 0.15) is 38.2 Å². The monoisotopic (exact) mass is 313 g/mol. The van der Waals surface area contributed by atoms with E-state index in [0.29, 0.717) is 10.5 Å². The summed E-state index contributed by atoms with van der Waals surface area (Å²) in [4.78, 5) is 2.41. The van der Waals surface area contributed by atoms with Crippen LogP contribution in [0.4, 0.5) is 4.39 Å². The summed E-state index contributed by atoms with van der Waals surface area (Å²) in [5, 5.41) is 0. The summed E-state index contributed by atoms with van der Waals surface area (Å²) in [7, 11) is 2.18. The van der Waals surface area contributed by atoms with Crippen LogP contribution in [0.15, 0.2) is 22.7 Å². The molecule has 0 bridgehead atoms. The highest BCUT2D eigenvalue weighted by Crippen LogP contribution is 2.27. The van der Waals surface area contributed by atoms with Crippen LogP contribution in [0.5, 0.6) is 0 Å². The predicted molar refractivity (Wildman–Crippen MR) is 77.0 cm³/mol. The van der Waals surface area contributed by atoms with Gasteiger partial charge in [0.15, 0.2) is 0 Å². The van der Waals surface area contributed by atoms with E-state index < -0.39 is 0 Å². The fraction of sp³-hybridized carbons (Fsp3) is 0.600. The number of hydrogen-bond acceptors (Lipinski definition) is 1. The molecule has 0 aromatic heterocycles. The van der Waals surface area contributed by atoms with Gasteiger partial charge in [-0.3, -0.25) is 4.90 Å². The van der Waals surface area contributed by atoms with Crippen LogP contribution < -0.4 is 0 Å². The number of nitrogens with zero attached hydrogens (tertiary/aromatic N) is 1. The van der Waals surface area contributed by atoms with Crippen molar-refractivity contribution in [1.29, 1.82) is 0 Å². The molecule has 1 nitrogen and oxygen atoms in total. The van der Waals surface area contributed by atoms with Crippen LogP contribution in [0.25, 0.3) is 0 Å². The maximum atomic E-state index is 13.2. The zero-order valence-electron chi connectivity index (χ0n) is 11.1. The van der Waals surface area contributed by atoms with Crippen LogP contribution in [0.3, 0.4) is 0 Å². The van der Waals surface area contributed by atoms with Crippen LogP contribution in [0.2, 0.25) is 0 Å². The average molecular weight is 314 g/mol. The molecule has 1 aromatic rings. The molecule has 18 heavy (non-hydrogen) atoms. The quantitative estimate of drug-likeness (QED) is 0.788. The first-order valence-corrected chi connectivity index (χ1v) is 7.49. The minimum absolute atomic E-state index is 0.187. The summed E-state index contributed by atoms with van der Waals surface area (Å²) in [6, 6.07) is 5.98. The Morgan fingerprint density at radius 1 is 1.39 bits per heavy atom. The van der Waals surface area contributed by atoms with Crippen molar-refractivity contribution in [3.8, 4) is 0 Å². The average Bonchev–Trinajstić information content (AvgIpc) is 2.34. The normalized spacial score (nSPS) is 24.5. The van der Waals surface area contributed by atoms with Gasteiger partial charge in [-0.2, -0.15) is 0 Å². The number of benzene rings is 1. The third-order valence-corrected chi connectivity index (χ3v) is 4.56. The van der Waals surface area contributed by atoms with Crippen molar-refractivity contribution >= 4 is 15.9 Å². The van der Waals surface area contributed by atoms with Crippen LogP contribution in [-0.2, 0) is 6.54 Å². The first kappa shape index (κ1) is 14.0. The van der Waals surface area contributed by atoms with Gasteiger partial charge in [-0.25, -0.2) is 4.39 Å². The Hall–Kier alpha value is -0.410. The first-order valence-electron chi connectivity index (χ1n) is 6.70. The van der Waals surface area contributed by atoms with Gasteiger partial charge >= 0.3 is 0 Å². The molecule has 1 fully saturated rings. The largest absolute Gasteiger partial charge is 0.299 e. The topological polar surface area (TPSA) is 3.24 Å². The number of rotatable bonds is 3. The summed E-state index contributed by atoms with van der Waals surface area (Å²) >= 11 is 3.25. The number of hydrogen-bond donors (Lipinski definition) is 0. The molecule has 0 heterocycles. The first-order chi connectivity index (χ1) is 8.56. The fourth-order valence-electron chi connectivity index (χ4n) is 2.86. The molecule has 1 saturated carbocycles. The summed E-state index contributed by atoms with van der Waals surface area (Å²) in [6.07, 6.45) is 5.29. The minimum Gasteiger partial charge on any atom is -0.299 e. The third-order valence-electron chi connectivity index (χ3n) is 3.95. The lowest BCUT2D eigenvalue weighted by atomic mass is 9.86. The minimum atomic E-state index is -0.187. The number of halogens is 2. The molecule has 1 aliphatic carbocycles. The Bertz CT molecular complexity index is 407. The molecule has 0 amide bonds. The highest BCUT2D eigenvalue weighted by atomic mass is 79.9. The molecule has 1 aliphatic rings. The van der Waals surface area contributed by atoms with E-state index in [-0.39, 0.29) is 5.82 Å². The van der Waals surface area contributed by atoms with Crippen molar-refractivity contribution in [3.05, 3.63) is 34.1 Å². The lowest BCUT2D eigenvalue weighted by Crippen LogP contribution is -2.35. The lowest BCUT2D eigenvalue weighted by Gasteiger charge is -2.34. The van der Waals surface area contributed by atoms with Gasteiger partial charge in [0.05, 0.1) is 4.47 Å². The van der Waals surface area contributed by atoms with Crippen LogP contribution in [0, 0.1) is 11.7 Å². The highest BCUT2D eigenvalue weighted by Gasteiger charge is 2.22.